The predicted octanol–water partition coefficient (Wildman–Crippen LogP) is 2.77. The van der Waals surface area contributed by atoms with E-state index in [9.17, 15) is 4.79 Å². The van der Waals surface area contributed by atoms with Crippen molar-refractivity contribution in [2.24, 2.45) is 0 Å². The van der Waals surface area contributed by atoms with Crippen molar-refractivity contribution in [1.82, 2.24) is 5.32 Å². The minimum Gasteiger partial charge on any atom is -0.481 e. The van der Waals surface area contributed by atoms with E-state index in [0.29, 0.717) is 28.6 Å². The molecule has 88 valence electrons. The molecule has 0 aliphatic heterocycles. The monoisotopic (exact) mass is 261 g/mol. The number of carboxylic acid groups (broad SMARTS) is 1. The molecule has 0 fully saturated rings. The first-order valence-corrected chi connectivity index (χ1v) is 5.64. The van der Waals surface area contributed by atoms with Crippen LogP contribution in [0, 0.1) is 0 Å². The molecule has 0 aliphatic rings. The number of benzene rings is 1. The first-order chi connectivity index (χ1) is 7.56. The van der Waals surface area contributed by atoms with Gasteiger partial charge in [0, 0.05) is 0 Å². The van der Waals surface area contributed by atoms with Crippen LogP contribution in [0.4, 0.5) is 0 Å². The third-order valence-electron chi connectivity index (χ3n) is 2.33. The molecule has 0 amide bonds. The van der Waals surface area contributed by atoms with Crippen LogP contribution in [0.25, 0.3) is 0 Å². The summed E-state index contributed by atoms with van der Waals surface area (Å²) in [5, 5.41) is 12.9. The largest absolute Gasteiger partial charge is 0.481 e. The summed E-state index contributed by atoms with van der Waals surface area (Å²) in [4.78, 5) is 11.1. The van der Waals surface area contributed by atoms with E-state index >= 15 is 0 Å². The molecule has 0 saturated heterocycles. The van der Waals surface area contributed by atoms with Gasteiger partial charge in [0.2, 0.25) is 0 Å². The number of halogens is 2. The van der Waals surface area contributed by atoms with E-state index in [-0.39, 0.29) is 0 Å². The summed E-state index contributed by atoms with van der Waals surface area (Å²) in [5.74, 6) is -1.41. The first-order valence-electron chi connectivity index (χ1n) is 4.88. The molecule has 16 heavy (non-hydrogen) atoms. The highest BCUT2D eigenvalue weighted by atomic mass is 35.5. The van der Waals surface area contributed by atoms with Gasteiger partial charge in [0.15, 0.2) is 0 Å². The third kappa shape index (κ3) is 3.37. The number of hydrogen-bond donors (Lipinski definition) is 2. The summed E-state index contributed by atoms with van der Waals surface area (Å²) in [5.41, 5.74) is 0.678. The molecule has 1 atom stereocenters. The van der Waals surface area contributed by atoms with Gasteiger partial charge in [-0.25, -0.2) is 0 Å². The van der Waals surface area contributed by atoms with Gasteiger partial charge in [0.05, 0.1) is 16.0 Å². The zero-order chi connectivity index (χ0) is 12.1. The summed E-state index contributed by atoms with van der Waals surface area (Å²) >= 11 is 11.6. The second kappa shape index (κ2) is 6.09. The fourth-order valence-electron chi connectivity index (χ4n) is 1.45. The van der Waals surface area contributed by atoms with Gasteiger partial charge in [-0.15, -0.1) is 0 Å². The van der Waals surface area contributed by atoms with Gasteiger partial charge in [-0.1, -0.05) is 29.3 Å². The molecule has 3 nitrogen and oxygen atoms in total. The second-order valence-electron chi connectivity index (χ2n) is 3.46. The van der Waals surface area contributed by atoms with Crippen molar-refractivity contribution < 1.29 is 9.90 Å². The van der Waals surface area contributed by atoms with Gasteiger partial charge in [0.25, 0.3) is 0 Å². The summed E-state index contributed by atoms with van der Waals surface area (Å²) in [7, 11) is 1.79. The van der Waals surface area contributed by atoms with Crippen LogP contribution < -0.4 is 5.32 Å². The summed E-state index contributed by atoms with van der Waals surface area (Å²) in [6.45, 7) is 0.636. The van der Waals surface area contributed by atoms with Crippen molar-refractivity contribution in [2.75, 3.05) is 13.6 Å². The van der Waals surface area contributed by atoms with E-state index in [1.54, 1.807) is 25.2 Å². The molecular formula is C11H13Cl2NO2. The average molecular weight is 262 g/mol. The second-order valence-corrected chi connectivity index (χ2v) is 4.27. The van der Waals surface area contributed by atoms with E-state index < -0.39 is 11.9 Å². The molecule has 5 heteroatoms. The Hall–Kier alpha value is -0.770. The number of carbonyl (C=O) groups is 1. The van der Waals surface area contributed by atoms with Crippen LogP contribution in [0.3, 0.4) is 0 Å². The minimum absolute atomic E-state index is 0.384. The van der Waals surface area contributed by atoms with Gasteiger partial charge in [0.1, 0.15) is 0 Å². The Morgan fingerprint density at radius 2 is 2.12 bits per heavy atom. The van der Waals surface area contributed by atoms with E-state index in [4.69, 9.17) is 28.3 Å². The fraction of sp³-hybridized carbons (Fsp3) is 0.364. The topological polar surface area (TPSA) is 49.3 Å². The highest BCUT2D eigenvalue weighted by Crippen LogP contribution is 2.28. The van der Waals surface area contributed by atoms with Crippen LogP contribution in [0.5, 0.6) is 0 Å². The lowest BCUT2D eigenvalue weighted by atomic mass is 9.96. The molecule has 0 radical (unpaired) electrons. The molecule has 1 rings (SSSR count). The fourth-order valence-corrected chi connectivity index (χ4v) is 1.76. The Morgan fingerprint density at radius 1 is 1.44 bits per heavy atom. The van der Waals surface area contributed by atoms with Crippen LogP contribution in [0.15, 0.2) is 18.2 Å². The predicted molar refractivity (Wildman–Crippen MR) is 65.4 cm³/mol. The van der Waals surface area contributed by atoms with Gasteiger partial charge < -0.3 is 10.4 Å². The first kappa shape index (κ1) is 13.3. The van der Waals surface area contributed by atoms with Crippen molar-refractivity contribution in [3.05, 3.63) is 33.8 Å². The molecule has 1 aromatic rings. The zero-order valence-electron chi connectivity index (χ0n) is 8.84. The normalized spacial score (nSPS) is 12.4. The molecule has 0 bridgehead atoms. The molecule has 0 saturated carbocycles. The number of carboxylic acids is 1. The van der Waals surface area contributed by atoms with Crippen molar-refractivity contribution >= 4 is 29.2 Å². The van der Waals surface area contributed by atoms with E-state index in [1.165, 1.54) is 0 Å². The Labute approximate surface area is 104 Å². The zero-order valence-corrected chi connectivity index (χ0v) is 10.3. The summed E-state index contributed by atoms with van der Waals surface area (Å²) < 4.78 is 0. The lowest BCUT2D eigenvalue weighted by Crippen LogP contribution is -2.18. The van der Waals surface area contributed by atoms with Gasteiger partial charge in [-0.3, -0.25) is 4.79 Å². The highest BCUT2D eigenvalue weighted by molar-refractivity contribution is 6.42. The number of rotatable bonds is 5. The average Bonchev–Trinajstić information content (AvgIpc) is 2.23. The van der Waals surface area contributed by atoms with Gasteiger partial charge >= 0.3 is 5.97 Å². The van der Waals surface area contributed by atoms with Crippen LogP contribution in [0.1, 0.15) is 17.9 Å². The Kier molecular flexibility index (Phi) is 5.06. The minimum atomic E-state index is -0.853. The maximum atomic E-state index is 11.1. The molecule has 2 N–H and O–H groups in total. The molecule has 1 aromatic carbocycles. The van der Waals surface area contributed by atoms with E-state index in [2.05, 4.69) is 5.32 Å². The van der Waals surface area contributed by atoms with Gasteiger partial charge in [-0.05, 0) is 37.7 Å². The van der Waals surface area contributed by atoms with Gasteiger partial charge in [-0.2, -0.15) is 0 Å². The van der Waals surface area contributed by atoms with E-state index in [1.807, 2.05) is 0 Å². The maximum Gasteiger partial charge on any atom is 0.311 e. The van der Waals surface area contributed by atoms with E-state index in [0.717, 1.165) is 0 Å². The molecule has 0 aromatic heterocycles. The van der Waals surface area contributed by atoms with Crippen LogP contribution in [-0.4, -0.2) is 24.7 Å². The van der Waals surface area contributed by atoms with Crippen molar-refractivity contribution in [2.45, 2.75) is 12.3 Å². The molecule has 0 aliphatic carbocycles. The molecule has 0 heterocycles. The number of aliphatic carboxylic acids is 1. The molecule has 0 spiro atoms. The van der Waals surface area contributed by atoms with Crippen LogP contribution in [0.2, 0.25) is 10.0 Å². The lowest BCUT2D eigenvalue weighted by molar-refractivity contribution is -0.138. The molecule has 1 unspecified atom stereocenters. The van der Waals surface area contributed by atoms with Crippen LogP contribution in [-0.2, 0) is 4.79 Å². The van der Waals surface area contributed by atoms with Crippen molar-refractivity contribution in [3.63, 3.8) is 0 Å². The Balaban J connectivity index is 2.92. The maximum absolute atomic E-state index is 11.1. The van der Waals surface area contributed by atoms with Crippen molar-refractivity contribution in [3.8, 4) is 0 Å². The standard InChI is InChI=1S/C11H13Cl2NO2/c1-14-5-4-8(11(15)16)7-2-3-9(12)10(13)6-7/h2-3,6,8,14H,4-5H2,1H3,(H,15,16). The smallest absolute Gasteiger partial charge is 0.311 e. The van der Waals surface area contributed by atoms with Crippen molar-refractivity contribution in [1.29, 1.82) is 0 Å². The Bertz CT molecular complexity index is 382. The van der Waals surface area contributed by atoms with Crippen LogP contribution >= 0.6 is 23.2 Å². The Morgan fingerprint density at radius 3 is 2.62 bits per heavy atom. The summed E-state index contributed by atoms with van der Waals surface area (Å²) in [6.07, 6.45) is 0.518. The molecular weight excluding hydrogens is 249 g/mol. The highest BCUT2D eigenvalue weighted by Gasteiger charge is 2.19. The SMILES string of the molecule is CNCCC(C(=O)O)c1ccc(Cl)c(Cl)c1. The summed E-state index contributed by atoms with van der Waals surface area (Å²) in [6, 6.07) is 4.93. The lowest BCUT2D eigenvalue weighted by Gasteiger charge is -2.13. The quantitative estimate of drug-likeness (QED) is 0.857. The number of nitrogens with one attached hydrogen (secondary N) is 1. The third-order valence-corrected chi connectivity index (χ3v) is 3.07. The number of hydrogen-bond acceptors (Lipinski definition) is 2.